The number of anilines is 1. The van der Waals surface area contributed by atoms with E-state index in [4.69, 9.17) is 5.73 Å². The summed E-state index contributed by atoms with van der Waals surface area (Å²) in [5.74, 6) is -0.502. The van der Waals surface area contributed by atoms with Gasteiger partial charge in [0, 0.05) is 16.9 Å². The summed E-state index contributed by atoms with van der Waals surface area (Å²) in [4.78, 5) is 22.1. The molecule has 84 valence electrons. The molecule has 1 aromatic rings. The lowest BCUT2D eigenvalue weighted by molar-refractivity contribution is 0.100. The lowest BCUT2D eigenvalue weighted by Crippen LogP contribution is -2.26. The topological polar surface area (TPSA) is 84.2 Å². The maximum Gasteiger partial charge on any atom is 0.323 e. The number of hydrogen-bond donors (Lipinski definition) is 3. The summed E-state index contributed by atoms with van der Waals surface area (Å²) in [7, 11) is 0. The number of primary amides is 1. The highest BCUT2D eigenvalue weighted by atomic mass is 16.2. The molecule has 4 N–H and O–H groups in total. The van der Waals surface area contributed by atoms with Crippen LogP contribution in [-0.2, 0) is 0 Å². The summed E-state index contributed by atoms with van der Waals surface area (Å²) in [6, 6.07) is 5.90. The lowest BCUT2D eigenvalue weighted by atomic mass is 10.2. The van der Waals surface area contributed by atoms with Crippen molar-refractivity contribution >= 4 is 17.6 Å². The largest absolute Gasteiger partial charge is 0.366 e. The van der Waals surface area contributed by atoms with Gasteiger partial charge in [0.15, 0.2) is 0 Å². The van der Waals surface area contributed by atoms with Crippen LogP contribution in [0.3, 0.4) is 0 Å². The van der Waals surface area contributed by atoms with Crippen LogP contribution in [0.25, 0.3) is 0 Å². The third kappa shape index (κ3) is 3.45. The summed E-state index contributed by atoms with van der Waals surface area (Å²) in [5, 5.41) is 5.07. The Labute approximate surface area is 93.3 Å². The summed E-state index contributed by atoms with van der Waals surface area (Å²) in [6.45, 7) is 5.22. The molecular weight excluding hydrogens is 206 g/mol. The zero-order valence-corrected chi connectivity index (χ0v) is 8.91. The van der Waals surface area contributed by atoms with Crippen molar-refractivity contribution in [2.24, 2.45) is 5.73 Å². The van der Waals surface area contributed by atoms with E-state index >= 15 is 0 Å². The van der Waals surface area contributed by atoms with E-state index in [0.29, 0.717) is 16.9 Å². The molecule has 0 aliphatic rings. The predicted octanol–water partition coefficient (Wildman–Crippen LogP) is 1.44. The first kappa shape index (κ1) is 11.8. The first-order chi connectivity index (χ1) is 7.49. The zero-order chi connectivity index (χ0) is 12.1. The number of nitrogens with one attached hydrogen (secondary N) is 2. The van der Waals surface area contributed by atoms with Gasteiger partial charge in [0.1, 0.15) is 0 Å². The highest BCUT2D eigenvalue weighted by Gasteiger charge is 2.02. The van der Waals surface area contributed by atoms with E-state index in [-0.39, 0.29) is 6.03 Å². The maximum atomic E-state index is 11.3. The van der Waals surface area contributed by atoms with Crippen molar-refractivity contribution in [3.05, 3.63) is 42.1 Å². The molecular formula is C11H13N3O2. The van der Waals surface area contributed by atoms with Gasteiger partial charge in [-0.1, -0.05) is 6.58 Å². The number of carbonyl (C=O) groups is 2. The second-order valence-corrected chi connectivity index (χ2v) is 3.30. The average Bonchev–Trinajstić information content (AvgIpc) is 2.16. The predicted molar refractivity (Wildman–Crippen MR) is 61.9 cm³/mol. The number of carbonyl (C=O) groups excluding carboxylic acids is 2. The van der Waals surface area contributed by atoms with E-state index in [0.717, 1.165) is 0 Å². The molecule has 0 saturated heterocycles. The molecule has 1 aromatic carbocycles. The van der Waals surface area contributed by atoms with Crippen LogP contribution in [0.2, 0.25) is 0 Å². The standard InChI is InChI=1S/C11H13N3O2/c1-7(2)13-11(16)14-9-5-3-8(4-6-9)10(12)15/h3-6H,1H2,2H3,(H2,12,15)(H2,13,14,16). The van der Waals surface area contributed by atoms with Gasteiger partial charge in [-0.15, -0.1) is 0 Å². The number of allylic oxidation sites excluding steroid dienone is 1. The van der Waals surface area contributed by atoms with Crippen LogP contribution in [0.15, 0.2) is 36.5 Å². The van der Waals surface area contributed by atoms with E-state index in [1.807, 2.05) is 0 Å². The number of rotatable bonds is 3. The van der Waals surface area contributed by atoms with Gasteiger partial charge in [-0.3, -0.25) is 4.79 Å². The number of amides is 3. The fraction of sp³-hybridized carbons (Fsp3) is 0.0909. The Morgan fingerprint density at radius 2 is 1.81 bits per heavy atom. The first-order valence-corrected chi connectivity index (χ1v) is 4.62. The Morgan fingerprint density at radius 1 is 1.25 bits per heavy atom. The van der Waals surface area contributed by atoms with E-state index < -0.39 is 5.91 Å². The fourth-order valence-electron chi connectivity index (χ4n) is 1.07. The molecule has 0 aromatic heterocycles. The van der Waals surface area contributed by atoms with Gasteiger partial charge in [-0.05, 0) is 31.2 Å². The van der Waals surface area contributed by atoms with Gasteiger partial charge in [0.25, 0.3) is 0 Å². The first-order valence-electron chi connectivity index (χ1n) is 4.62. The monoisotopic (exact) mass is 219 g/mol. The Balaban J connectivity index is 2.65. The van der Waals surface area contributed by atoms with Gasteiger partial charge in [-0.2, -0.15) is 0 Å². The molecule has 5 nitrogen and oxygen atoms in total. The van der Waals surface area contributed by atoms with Crippen LogP contribution >= 0.6 is 0 Å². The molecule has 0 bridgehead atoms. The van der Waals surface area contributed by atoms with Crippen molar-refractivity contribution in [1.29, 1.82) is 0 Å². The third-order valence-electron chi connectivity index (χ3n) is 1.75. The highest BCUT2D eigenvalue weighted by Crippen LogP contribution is 2.08. The minimum atomic E-state index is -0.502. The minimum absolute atomic E-state index is 0.376. The van der Waals surface area contributed by atoms with Crippen molar-refractivity contribution in [3.63, 3.8) is 0 Å². The third-order valence-corrected chi connectivity index (χ3v) is 1.75. The second kappa shape index (κ2) is 4.97. The molecule has 0 atom stereocenters. The van der Waals surface area contributed by atoms with Gasteiger partial charge < -0.3 is 16.4 Å². The normalized spacial score (nSPS) is 9.31. The molecule has 0 aliphatic heterocycles. The van der Waals surface area contributed by atoms with Gasteiger partial charge >= 0.3 is 6.03 Å². The summed E-state index contributed by atoms with van der Waals surface area (Å²) in [6.07, 6.45) is 0. The molecule has 5 heteroatoms. The quantitative estimate of drug-likeness (QED) is 0.718. The van der Waals surface area contributed by atoms with E-state index in [1.54, 1.807) is 31.2 Å². The second-order valence-electron chi connectivity index (χ2n) is 3.30. The van der Waals surface area contributed by atoms with Crippen LogP contribution in [0.1, 0.15) is 17.3 Å². The molecule has 0 aliphatic carbocycles. The average molecular weight is 219 g/mol. The van der Waals surface area contributed by atoms with Crippen molar-refractivity contribution < 1.29 is 9.59 Å². The minimum Gasteiger partial charge on any atom is -0.366 e. The van der Waals surface area contributed by atoms with Gasteiger partial charge in [0.2, 0.25) is 5.91 Å². The lowest BCUT2D eigenvalue weighted by Gasteiger charge is -2.06. The van der Waals surface area contributed by atoms with Crippen LogP contribution in [0, 0.1) is 0 Å². The molecule has 0 saturated carbocycles. The molecule has 0 unspecified atom stereocenters. The Bertz CT molecular complexity index is 423. The maximum absolute atomic E-state index is 11.3. The summed E-state index contributed by atoms with van der Waals surface area (Å²) >= 11 is 0. The molecule has 3 amide bonds. The highest BCUT2D eigenvalue weighted by molar-refractivity contribution is 5.94. The van der Waals surface area contributed by atoms with Crippen molar-refractivity contribution in [2.45, 2.75) is 6.92 Å². The van der Waals surface area contributed by atoms with Crippen LogP contribution in [0.4, 0.5) is 10.5 Å². The van der Waals surface area contributed by atoms with Crippen LogP contribution in [0.5, 0.6) is 0 Å². The Kier molecular flexibility index (Phi) is 3.66. The van der Waals surface area contributed by atoms with Gasteiger partial charge in [0.05, 0.1) is 0 Å². The van der Waals surface area contributed by atoms with E-state index in [9.17, 15) is 9.59 Å². The molecule has 0 fully saturated rings. The number of benzene rings is 1. The molecule has 16 heavy (non-hydrogen) atoms. The van der Waals surface area contributed by atoms with Crippen LogP contribution in [-0.4, -0.2) is 11.9 Å². The zero-order valence-electron chi connectivity index (χ0n) is 8.91. The smallest absolute Gasteiger partial charge is 0.323 e. The Morgan fingerprint density at radius 3 is 2.25 bits per heavy atom. The molecule has 1 rings (SSSR count). The van der Waals surface area contributed by atoms with Crippen molar-refractivity contribution in [2.75, 3.05) is 5.32 Å². The molecule has 0 heterocycles. The van der Waals surface area contributed by atoms with Crippen molar-refractivity contribution in [3.8, 4) is 0 Å². The van der Waals surface area contributed by atoms with E-state index in [1.165, 1.54) is 0 Å². The SMILES string of the molecule is C=C(C)NC(=O)Nc1ccc(C(N)=O)cc1. The number of nitrogens with two attached hydrogens (primary N) is 1. The number of hydrogen-bond acceptors (Lipinski definition) is 2. The van der Waals surface area contributed by atoms with Crippen molar-refractivity contribution in [1.82, 2.24) is 5.32 Å². The molecule has 0 spiro atoms. The molecule has 0 radical (unpaired) electrons. The number of urea groups is 1. The fourth-order valence-corrected chi connectivity index (χ4v) is 1.07. The Hall–Kier alpha value is -2.30. The summed E-state index contributed by atoms with van der Waals surface area (Å²) < 4.78 is 0. The summed E-state index contributed by atoms with van der Waals surface area (Å²) in [5.41, 5.74) is 6.60. The van der Waals surface area contributed by atoms with E-state index in [2.05, 4.69) is 17.2 Å². The van der Waals surface area contributed by atoms with Gasteiger partial charge in [-0.25, -0.2) is 4.79 Å². The van der Waals surface area contributed by atoms with Crippen LogP contribution < -0.4 is 16.4 Å².